The van der Waals surface area contributed by atoms with E-state index < -0.39 is 0 Å². The van der Waals surface area contributed by atoms with E-state index in [1.165, 1.54) is 20.2 Å². The molecule has 0 bridgehead atoms. The van der Waals surface area contributed by atoms with Crippen LogP contribution in [0.4, 0.5) is 5.69 Å². The van der Waals surface area contributed by atoms with E-state index in [-0.39, 0.29) is 11.8 Å². The summed E-state index contributed by atoms with van der Waals surface area (Å²) in [5.41, 5.74) is 1.11. The van der Waals surface area contributed by atoms with Gasteiger partial charge in [0.05, 0.1) is 7.11 Å². The average molecular weight is 274 g/mol. The molecular weight excluding hydrogens is 256 g/mol. The van der Waals surface area contributed by atoms with Gasteiger partial charge in [0.25, 0.3) is 5.91 Å². The second kappa shape index (κ2) is 7.91. The third-order valence-electron chi connectivity index (χ3n) is 2.51. The highest BCUT2D eigenvalue weighted by Gasteiger charge is 2.10. The maximum atomic E-state index is 11.8. The molecule has 20 heavy (non-hydrogen) atoms. The molecule has 0 saturated carbocycles. The Labute approximate surface area is 118 Å². The number of carbonyl (C=O) groups is 2. The minimum atomic E-state index is -0.252. The zero-order valence-corrected chi connectivity index (χ0v) is 11.8. The van der Waals surface area contributed by atoms with E-state index in [2.05, 4.69) is 5.32 Å². The zero-order valence-electron chi connectivity index (χ0n) is 11.8. The van der Waals surface area contributed by atoms with Crippen molar-refractivity contribution in [1.29, 1.82) is 0 Å². The minimum Gasteiger partial charge on any atom is -0.323 e. The third-order valence-corrected chi connectivity index (χ3v) is 2.51. The lowest BCUT2D eigenvalue weighted by molar-refractivity contribution is -0.111. The lowest BCUT2D eigenvalue weighted by Gasteiger charge is -2.13. The molecule has 0 saturated heterocycles. The first-order chi connectivity index (χ1) is 9.58. The Morgan fingerprint density at radius 1 is 1.20 bits per heavy atom. The van der Waals surface area contributed by atoms with Gasteiger partial charge in [-0.25, -0.2) is 5.06 Å². The molecule has 5 nitrogen and oxygen atoms in total. The third kappa shape index (κ3) is 4.70. The van der Waals surface area contributed by atoms with Crippen molar-refractivity contribution in [2.75, 3.05) is 19.5 Å². The van der Waals surface area contributed by atoms with Crippen LogP contribution in [0.1, 0.15) is 17.3 Å². The molecule has 0 aliphatic carbocycles. The molecule has 1 aromatic rings. The van der Waals surface area contributed by atoms with E-state index in [1.807, 2.05) is 13.0 Å². The van der Waals surface area contributed by atoms with Gasteiger partial charge in [0.15, 0.2) is 0 Å². The number of hydroxylamine groups is 2. The zero-order chi connectivity index (χ0) is 15.0. The lowest BCUT2D eigenvalue weighted by Crippen LogP contribution is -2.25. The molecule has 0 atom stereocenters. The largest absolute Gasteiger partial charge is 0.323 e. The Bertz CT molecular complexity index is 518. The summed E-state index contributed by atoms with van der Waals surface area (Å²) in [6.45, 7) is 1.87. The first-order valence-electron chi connectivity index (χ1n) is 6.11. The van der Waals surface area contributed by atoms with Gasteiger partial charge >= 0.3 is 0 Å². The number of anilines is 1. The molecule has 5 heteroatoms. The van der Waals surface area contributed by atoms with Gasteiger partial charge in [-0.3, -0.25) is 14.4 Å². The Morgan fingerprint density at radius 3 is 2.40 bits per heavy atom. The van der Waals surface area contributed by atoms with Crippen molar-refractivity contribution in [3.8, 4) is 0 Å². The van der Waals surface area contributed by atoms with E-state index in [0.717, 1.165) is 5.06 Å². The molecule has 0 fully saturated rings. The molecule has 2 amide bonds. The van der Waals surface area contributed by atoms with Gasteiger partial charge in [-0.1, -0.05) is 18.2 Å². The molecule has 0 spiro atoms. The summed E-state index contributed by atoms with van der Waals surface area (Å²) in [4.78, 5) is 28.1. The quantitative estimate of drug-likeness (QED) is 0.509. The summed E-state index contributed by atoms with van der Waals surface area (Å²) >= 11 is 0. The average Bonchev–Trinajstić information content (AvgIpc) is 2.46. The topological polar surface area (TPSA) is 58.6 Å². The van der Waals surface area contributed by atoms with Crippen LogP contribution in [0.3, 0.4) is 0 Å². The maximum absolute atomic E-state index is 11.8. The maximum Gasteiger partial charge on any atom is 0.277 e. The van der Waals surface area contributed by atoms with Gasteiger partial charge in [0.2, 0.25) is 5.91 Å². The SMILES string of the molecule is C/C=C/C=C/C(=O)Nc1ccc(C(=O)N(C)OC)cc1. The van der Waals surface area contributed by atoms with Crippen LogP contribution in [-0.4, -0.2) is 31.0 Å². The van der Waals surface area contributed by atoms with Crippen molar-refractivity contribution in [3.05, 3.63) is 54.1 Å². The van der Waals surface area contributed by atoms with Crippen LogP contribution in [0.5, 0.6) is 0 Å². The Morgan fingerprint density at radius 2 is 1.85 bits per heavy atom. The van der Waals surface area contributed by atoms with Crippen molar-refractivity contribution in [1.82, 2.24) is 5.06 Å². The number of hydrogen-bond donors (Lipinski definition) is 1. The highest BCUT2D eigenvalue weighted by molar-refractivity contribution is 6.00. The predicted molar refractivity (Wildman–Crippen MR) is 78.1 cm³/mol. The van der Waals surface area contributed by atoms with Gasteiger partial charge in [-0.15, -0.1) is 0 Å². The van der Waals surface area contributed by atoms with E-state index in [0.29, 0.717) is 11.3 Å². The highest BCUT2D eigenvalue weighted by atomic mass is 16.7. The number of rotatable bonds is 5. The van der Waals surface area contributed by atoms with Gasteiger partial charge in [-0.2, -0.15) is 0 Å². The number of nitrogens with zero attached hydrogens (tertiary/aromatic N) is 1. The van der Waals surface area contributed by atoms with Crippen LogP contribution in [-0.2, 0) is 9.63 Å². The Kier molecular flexibility index (Phi) is 6.19. The van der Waals surface area contributed by atoms with Crippen LogP contribution >= 0.6 is 0 Å². The number of amides is 2. The van der Waals surface area contributed by atoms with Crippen LogP contribution < -0.4 is 5.32 Å². The molecule has 1 aromatic carbocycles. The molecule has 106 valence electrons. The number of allylic oxidation sites excluding steroid dienone is 3. The van der Waals surface area contributed by atoms with Gasteiger partial charge in [0, 0.05) is 24.4 Å². The summed E-state index contributed by atoms with van der Waals surface area (Å²) in [5.74, 6) is -0.477. The monoisotopic (exact) mass is 274 g/mol. The van der Waals surface area contributed by atoms with E-state index in [9.17, 15) is 9.59 Å². The van der Waals surface area contributed by atoms with Gasteiger partial charge in [0.1, 0.15) is 0 Å². The van der Waals surface area contributed by atoms with Crippen molar-refractivity contribution in [3.63, 3.8) is 0 Å². The normalized spacial score (nSPS) is 10.9. The van der Waals surface area contributed by atoms with Crippen molar-refractivity contribution >= 4 is 17.5 Å². The molecule has 0 unspecified atom stereocenters. The Hall–Kier alpha value is -2.40. The lowest BCUT2D eigenvalue weighted by atomic mass is 10.2. The minimum absolute atomic E-state index is 0.226. The summed E-state index contributed by atoms with van der Waals surface area (Å²) in [6, 6.07) is 6.59. The number of carbonyl (C=O) groups excluding carboxylic acids is 2. The molecule has 0 aliphatic rings. The first-order valence-corrected chi connectivity index (χ1v) is 6.11. The molecular formula is C15H18N2O3. The fourth-order valence-corrected chi connectivity index (χ4v) is 1.40. The summed E-state index contributed by atoms with van der Waals surface area (Å²) < 4.78 is 0. The smallest absolute Gasteiger partial charge is 0.277 e. The number of nitrogens with one attached hydrogen (secondary N) is 1. The van der Waals surface area contributed by atoms with Crippen LogP contribution in [0.2, 0.25) is 0 Å². The molecule has 1 N–H and O–H groups in total. The van der Waals surface area contributed by atoms with Crippen molar-refractivity contribution < 1.29 is 14.4 Å². The van der Waals surface area contributed by atoms with E-state index in [1.54, 1.807) is 36.4 Å². The molecule has 0 aliphatic heterocycles. The van der Waals surface area contributed by atoms with Gasteiger partial charge in [-0.05, 0) is 31.2 Å². The Balaban J connectivity index is 2.67. The molecule has 0 radical (unpaired) electrons. The van der Waals surface area contributed by atoms with E-state index >= 15 is 0 Å². The molecule has 0 heterocycles. The van der Waals surface area contributed by atoms with Crippen LogP contribution in [0.15, 0.2) is 48.6 Å². The van der Waals surface area contributed by atoms with Gasteiger partial charge < -0.3 is 5.32 Å². The second-order valence-corrected chi connectivity index (χ2v) is 3.94. The van der Waals surface area contributed by atoms with Crippen molar-refractivity contribution in [2.24, 2.45) is 0 Å². The van der Waals surface area contributed by atoms with Crippen molar-refractivity contribution in [2.45, 2.75) is 6.92 Å². The fraction of sp³-hybridized carbons (Fsp3) is 0.200. The summed E-state index contributed by atoms with van der Waals surface area (Å²) in [5, 5.41) is 3.83. The summed E-state index contributed by atoms with van der Waals surface area (Å²) in [6.07, 6.45) is 6.68. The number of hydrogen-bond acceptors (Lipinski definition) is 3. The second-order valence-electron chi connectivity index (χ2n) is 3.94. The fourth-order valence-electron chi connectivity index (χ4n) is 1.40. The highest BCUT2D eigenvalue weighted by Crippen LogP contribution is 2.11. The molecule has 0 aromatic heterocycles. The number of benzene rings is 1. The van der Waals surface area contributed by atoms with Crippen LogP contribution in [0, 0.1) is 0 Å². The van der Waals surface area contributed by atoms with E-state index in [4.69, 9.17) is 4.84 Å². The van der Waals surface area contributed by atoms with Crippen LogP contribution in [0.25, 0.3) is 0 Å². The molecule has 1 rings (SSSR count). The predicted octanol–water partition coefficient (Wildman–Crippen LogP) is 2.39. The summed E-state index contributed by atoms with van der Waals surface area (Å²) in [7, 11) is 2.95. The standard InChI is InChI=1S/C15H18N2O3/c1-4-5-6-7-14(18)16-13-10-8-12(9-11-13)15(19)17(2)20-3/h4-11H,1-3H3,(H,16,18)/b5-4+,7-6+. The first kappa shape index (κ1) is 15.7.